The normalized spacial score (nSPS) is 45.1. The molecular formula is C28H46O6. The van der Waals surface area contributed by atoms with Crippen LogP contribution in [0.4, 0.5) is 0 Å². The van der Waals surface area contributed by atoms with Crippen molar-refractivity contribution in [2.75, 3.05) is 0 Å². The van der Waals surface area contributed by atoms with Crippen molar-refractivity contribution in [1.29, 1.82) is 0 Å². The standard InChI is InChI=1S/C28H46O6/c1-16(6-5-11-28(4,24(31)32)25(33)34)19-7-8-20-23-21(10-13-27(19,20)3)26(2)12-9-18(29)14-17(26)15-22(23)30/h16-23,29-30H,5-15H2,1-4H3,(H,31,32)(H,33,34)/t16-,17+,18-,19-,20+,21+,22-,23+,26+,27-/m1/s1. The molecule has 4 N–H and O–H groups in total. The van der Waals surface area contributed by atoms with E-state index in [-0.39, 0.29) is 29.5 Å². The van der Waals surface area contributed by atoms with E-state index in [9.17, 15) is 30.0 Å². The zero-order valence-corrected chi connectivity index (χ0v) is 21.5. The topological polar surface area (TPSA) is 115 Å². The van der Waals surface area contributed by atoms with E-state index < -0.39 is 17.4 Å². The third kappa shape index (κ3) is 4.01. The summed E-state index contributed by atoms with van der Waals surface area (Å²) in [6.07, 6.45) is 9.35. The lowest BCUT2D eigenvalue weighted by atomic mass is 9.43. The van der Waals surface area contributed by atoms with Crippen LogP contribution >= 0.6 is 0 Å². The lowest BCUT2D eigenvalue weighted by molar-refractivity contribution is -0.174. The number of rotatable bonds is 7. The van der Waals surface area contributed by atoms with Crippen molar-refractivity contribution in [3.63, 3.8) is 0 Å². The first-order valence-corrected chi connectivity index (χ1v) is 13.7. The highest BCUT2D eigenvalue weighted by molar-refractivity contribution is 5.97. The third-order valence-corrected chi connectivity index (χ3v) is 11.7. The number of aliphatic hydroxyl groups excluding tert-OH is 2. The maximum atomic E-state index is 11.5. The number of fused-ring (bicyclic) bond motifs is 5. The first kappa shape index (κ1) is 25.9. The zero-order chi connectivity index (χ0) is 25.1. The first-order chi connectivity index (χ1) is 15.8. The van der Waals surface area contributed by atoms with Gasteiger partial charge in [-0.05, 0) is 111 Å². The molecule has 0 aliphatic heterocycles. The van der Waals surface area contributed by atoms with Crippen LogP contribution < -0.4 is 0 Å². The summed E-state index contributed by atoms with van der Waals surface area (Å²) in [5, 5.41) is 40.5. The molecule has 4 saturated carbocycles. The summed E-state index contributed by atoms with van der Waals surface area (Å²) in [6.45, 7) is 8.46. The van der Waals surface area contributed by atoms with Crippen LogP contribution in [0.3, 0.4) is 0 Å². The van der Waals surface area contributed by atoms with Gasteiger partial charge < -0.3 is 20.4 Å². The van der Waals surface area contributed by atoms with E-state index in [4.69, 9.17) is 0 Å². The third-order valence-electron chi connectivity index (χ3n) is 11.7. The highest BCUT2D eigenvalue weighted by Crippen LogP contribution is 2.68. The summed E-state index contributed by atoms with van der Waals surface area (Å²) < 4.78 is 0. The number of aliphatic hydroxyl groups is 2. The number of hydrogen-bond donors (Lipinski definition) is 4. The minimum absolute atomic E-state index is 0.157. The SMILES string of the molecule is C[C@H](CCCC(C)(C(=O)O)C(=O)O)[C@H]1CC[C@H]2[C@@H]3[C@H](O)C[C@@H]4C[C@H](O)CC[C@]4(C)[C@H]3CC[C@]12C. The highest BCUT2D eigenvalue weighted by atomic mass is 16.4. The largest absolute Gasteiger partial charge is 0.480 e. The van der Waals surface area contributed by atoms with Crippen LogP contribution in [0.25, 0.3) is 0 Å². The number of carbonyl (C=O) groups is 2. The fraction of sp³-hybridized carbons (Fsp3) is 0.929. The van der Waals surface area contributed by atoms with Crippen molar-refractivity contribution in [3.8, 4) is 0 Å². The van der Waals surface area contributed by atoms with E-state index in [1.165, 1.54) is 13.3 Å². The van der Waals surface area contributed by atoms with Crippen molar-refractivity contribution in [1.82, 2.24) is 0 Å². The van der Waals surface area contributed by atoms with Crippen molar-refractivity contribution in [2.45, 2.75) is 111 Å². The van der Waals surface area contributed by atoms with Crippen LogP contribution in [0.5, 0.6) is 0 Å². The van der Waals surface area contributed by atoms with Gasteiger partial charge in [0.1, 0.15) is 0 Å². The molecule has 6 heteroatoms. The highest BCUT2D eigenvalue weighted by Gasteiger charge is 2.62. The van der Waals surface area contributed by atoms with Crippen molar-refractivity contribution in [2.24, 2.45) is 51.8 Å². The average molecular weight is 479 g/mol. The molecule has 0 radical (unpaired) electrons. The smallest absolute Gasteiger partial charge is 0.320 e. The van der Waals surface area contributed by atoms with Crippen LogP contribution in [-0.4, -0.2) is 44.6 Å². The fourth-order valence-electron chi connectivity index (χ4n) is 9.46. The van der Waals surface area contributed by atoms with Gasteiger partial charge in [-0.2, -0.15) is 0 Å². The van der Waals surface area contributed by atoms with Gasteiger partial charge in [-0.25, -0.2) is 0 Å². The van der Waals surface area contributed by atoms with Crippen LogP contribution in [0.2, 0.25) is 0 Å². The Hall–Kier alpha value is -1.14. The molecule has 0 amide bonds. The molecule has 0 saturated heterocycles. The van der Waals surface area contributed by atoms with Crippen LogP contribution in [0.15, 0.2) is 0 Å². The fourth-order valence-corrected chi connectivity index (χ4v) is 9.46. The molecule has 4 fully saturated rings. The summed E-state index contributed by atoms with van der Waals surface area (Å²) >= 11 is 0. The van der Waals surface area contributed by atoms with Gasteiger partial charge in [0.2, 0.25) is 0 Å². The molecule has 4 aliphatic carbocycles. The second kappa shape index (κ2) is 9.06. The Morgan fingerprint density at radius 2 is 1.56 bits per heavy atom. The molecule has 0 aromatic rings. The van der Waals surface area contributed by atoms with Crippen molar-refractivity contribution >= 4 is 11.9 Å². The van der Waals surface area contributed by atoms with Crippen molar-refractivity contribution < 1.29 is 30.0 Å². The van der Waals surface area contributed by atoms with E-state index >= 15 is 0 Å². The molecule has 4 rings (SSSR count). The maximum absolute atomic E-state index is 11.5. The average Bonchev–Trinajstić information content (AvgIpc) is 3.11. The molecule has 194 valence electrons. The van der Waals surface area contributed by atoms with Crippen LogP contribution in [0, 0.1) is 51.8 Å². The van der Waals surface area contributed by atoms with Gasteiger partial charge in [-0.3, -0.25) is 9.59 Å². The lowest BCUT2D eigenvalue weighted by Gasteiger charge is -2.62. The lowest BCUT2D eigenvalue weighted by Crippen LogP contribution is -2.58. The molecule has 0 heterocycles. The molecule has 4 aliphatic rings. The first-order valence-electron chi connectivity index (χ1n) is 13.7. The zero-order valence-electron chi connectivity index (χ0n) is 21.5. The number of hydrogen-bond acceptors (Lipinski definition) is 4. The van der Waals surface area contributed by atoms with E-state index in [0.29, 0.717) is 41.9 Å². The van der Waals surface area contributed by atoms with Crippen LogP contribution in [-0.2, 0) is 9.59 Å². The second-order valence-corrected chi connectivity index (χ2v) is 13.3. The molecule has 10 atom stereocenters. The van der Waals surface area contributed by atoms with Gasteiger partial charge in [0.25, 0.3) is 0 Å². The Morgan fingerprint density at radius 1 is 0.941 bits per heavy atom. The minimum atomic E-state index is -1.72. The predicted octanol–water partition coefficient (Wildman–Crippen LogP) is 4.96. The molecule has 0 spiro atoms. The van der Waals surface area contributed by atoms with Gasteiger partial charge in [-0.1, -0.05) is 33.6 Å². The summed E-state index contributed by atoms with van der Waals surface area (Å²) in [5.74, 6) is 0.242. The number of aliphatic carboxylic acids is 2. The van der Waals surface area contributed by atoms with Gasteiger partial charge in [-0.15, -0.1) is 0 Å². The minimum Gasteiger partial charge on any atom is -0.480 e. The molecule has 0 aromatic heterocycles. The Morgan fingerprint density at radius 3 is 2.21 bits per heavy atom. The Balaban J connectivity index is 1.45. The van der Waals surface area contributed by atoms with Crippen LogP contribution in [0.1, 0.15) is 98.3 Å². The maximum Gasteiger partial charge on any atom is 0.320 e. The van der Waals surface area contributed by atoms with Crippen molar-refractivity contribution in [3.05, 3.63) is 0 Å². The molecule has 0 aromatic carbocycles. The molecular weight excluding hydrogens is 432 g/mol. The van der Waals surface area contributed by atoms with E-state index in [0.717, 1.165) is 51.4 Å². The van der Waals surface area contributed by atoms with Gasteiger partial charge in [0.15, 0.2) is 5.41 Å². The molecule has 6 nitrogen and oxygen atoms in total. The predicted molar refractivity (Wildman–Crippen MR) is 129 cm³/mol. The van der Waals surface area contributed by atoms with E-state index in [2.05, 4.69) is 20.8 Å². The molecule has 0 bridgehead atoms. The van der Waals surface area contributed by atoms with E-state index in [1.54, 1.807) is 0 Å². The Bertz CT molecular complexity index is 782. The number of carboxylic acid groups (broad SMARTS) is 2. The Labute approximate surface area is 204 Å². The van der Waals surface area contributed by atoms with E-state index in [1.807, 2.05) is 0 Å². The number of carboxylic acids is 2. The van der Waals surface area contributed by atoms with Gasteiger partial charge in [0, 0.05) is 0 Å². The Kier molecular flexibility index (Phi) is 6.91. The molecule has 0 unspecified atom stereocenters. The summed E-state index contributed by atoms with van der Waals surface area (Å²) in [7, 11) is 0. The van der Waals surface area contributed by atoms with Gasteiger partial charge in [0.05, 0.1) is 12.2 Å². The summed E-state index contributed by atoms with van der Waals surface area (Å²) in [6, 6.07) is 0. The summed E-state index contributed by atoms with van der Waals surface area (Å²) in [4.78, 5) is 23.0. The molecule has 34 heavy (non-hydrogen) atoms. The quantitative estimate of drug-likeness (QED) is 0.385. The second-order valence-electron chi connectivity index (χ2n) is 13.3. The monoisotopic (exact) mass is 478 g/mol. The van der Waals surface area contributed by atoms with Gasteiger partial charge >= 0.3 is 11.9 Å². The summed E-state index contributed by atoms with van der Waals surface area (Å²) in [5.41, 5.74) is -1.31.